The van der Waals surface area contributed by atoms with Gasteiger partial charge in [-0.25, -0.2) is 0 Å². The van der Waals surface area contributed by atoms with E-state index >= 15 is 0 Å². The summed E-state index contributed by atoms with van der Waals surface area (Å²) in [6.45, 7) is 3.83. The molecule has 114 valence electrons. The number of amides is 2. The van der Waals surface area contributed by atoms with E-state index in [4.69, 9.17) is 10.5 Å². The van der Waals surface area contributed by atoms with Crippen molar-refractivity contribution < 1.29 is 14.3 Å². The second-order valence-corrected chi connectivity index (χ2v) is 4.85. The minimum Gasteiger partial charge on any atom is -0.484 e. The van der Waals surface area contributed by atoms with E-state index in [1.807, 2.05) is 0 Å². The standard InChI is InChI=1S/C14H20N4O3/c15-13(19)10-21-12-3-1-11(2-4-12)17-14(20)9-18-7-5-16-6-8-18/h1-4,16H,5-10H2,(H2,15,19)(H,17,20). The number of nitrogens with two attached hydrogens (primary N) is 1. The Morgan fingerprint density at radius 1 is 1.24 bits per heavy atom. The van der Waals surface area contributed by atoms with Gasteiger partial charge in [0.2, 0.25) is 5.91 Å². The Morgan fingerprint density at radius 3 is 2.52 bits per heavy atom. The van der Waals surface area contributed by atoms with E-state index in [-0.39, 0.29) is 12.5 Å². The third-order valence-corrected chi connectivity index (χ3v) is 3.10. The number of rotatable bonds is 6. The zero-order chi connectivity index (χ0) is 15.1. The molecule has 0 unspecified atom stereocenters. The molecule has 2 amide bonds. The van der Waals surface area contributed by atoms with Gasteiger partial charge in [0, 0.05) is 31.9 Å². The fraction of sp³-hybridized carbons (Fsp3) is 0.429. The van der Waals surface area contributed by atoms with E-state index in [1.165, 1.54) is 0 Å². The molecule has 7 heteroatoms. The Morgan fingerprint density at radius 2 is 1.90 bits per heavy atom. The van der Waals surface area contributed by atoms with Gasteiger partial charge in [-0.3, -0.25) is 14.5 Å². The van der Waals surface area contributed by atoms with Crippen LogP contribution in [0.5, 0.6) is 5.75 Å². The Balaban J connectivity index is 1.79. The molecular weight excluding hydrogens is 272 g/mol. The number of ether oxygens (including phenoxy) is 1. The summed E-state index contributed by atoms with van der Waals surface area (Å²) in [5.41, 5.74) is 5.69. The van der Waals surface area contributed by atoms with Crippen molar-refractivity contribution in [2.75, 3.05) is 44.6 Å². The lowest BCUT2D eigenvalue weighted by molar-refractivity contribution is -0.120. The normalized spacial score (nSPS) is 15.4. The molecule has 2 rings (SSSR count). The lowest BCUT2D eigenvalue weighted by Gasteiger charge is -2.26. The average Bonchev–Trinajstić information content (AvgIpc) is 2.47. The number of primary amides is 1. The molecule has 1 heterocycles. The second kappa shape index (κ2) is 7.61. The van der Waals surface area contributed by atoms with Gasteiger partial charge < -0.3 is 21.1 Å². The quantitative estimate of drug-likeness (QED) is 0.650. The van der Waals surface area contributed by atoms with Crippen molar-refractivity contribution in [2.24, 2.45) is 5.73 Å². The molecule has 1 aromatic carbocycles. The predicted molar refractivity (Wildman–Crippen MR) is 79.1 cm³/mol. The van der Waals surface area contributed by atoms with Gasteiger partial charge >= 0.3 is 0 Å². The minimum atomic E-state index is -0.525. The average molecular weight is 292 g/mol. The zero-order valence-corrected chi connectivity index (χ0v) is 11.8. The summed E-state index contributed by atoms with van der Waals surface area (Å²) in [6, 6.07) is 6.82. The van der Waals surface area contributed by atoms with E-state index < -0.39 is 5.91 Å². The maximum Gasteiger partial charge on any atom is 0.255 e. The van der Waals surface area contributed by atoms with E-state index in [0.717, 1.165) is 26.2 Å². The van der Waals surface area contributed by atoms with Crippen LogP contribution in [-0.4, -0.2) is 56.0 Å². The molecule has 0 atom stereocenters. The van der Waals surface area contributed by atoms with Crippen molar-refractivity contribution in [3.63, 3.8) is 0 Å². The molecule has 0 aromatic heterocycles. The smallest absolute Gasteiger partial charge is 0.255 e. The first kappa shape index (κ1) is 15.3. The number of hydrogen-bond acceptors (Lipinski definition) is 5. The van der Waals surface area contributed by atoms with Crippen molar-refractivity contribution in [1.29, 1.82) is 0 Å². The number of carbonyl (C=O) groups is 2. The molecule has 7 nitrogen and oxygen atoms in total. The number of hydrogen-bond donors (Lipinski definition) is 3. The van der Waals surface area contributed by atoms with Crippen LogP contribution in [0.2, 0.25) is 0 Å². The first-order valence-electron chi connectivity index (χ1n) is 6.87. The van der Waals surface area contributed by atoms with Crippen LogP contribution in [0.15, 0.2) is 24.3 Å². The van der Waals surface area contributed by atoms with Crippen LogP contribution in [0.25, 0.3) is 0 Å². The highest BCUT2D eigenvalue weighted by molar-refractivity contribution is 5.92. The number of nitrogens with zero attached hydrogens (tertiary/aromatic N) is 1. The van der Waals surface area contributed by atoms with Crippen LogP contribution >= 0.6 is 0 Å². The second-order valence-electron chi connectivity index (χ2n) is 4.85. The first-order valence-corrected chi connectivity index (χ1v) is 6.87. The number of anilines is 1. The summed E-state index contributed by atoms with van der Waals surface area (Å²) < 4.78 is 5.15. The molecule has 0 radical (unpaired) electrons. The van der Waals surface area contributed by atoms with Gasteiger partial charge in [0.15, 0.2) is 6.61 Å². The summed E-state index contributed by atoms with van der Waals surface area (Å²) in [5, 5.41) is 6.08. The molecule has 1 aliphatic rings. The maximum absolute atomic E-state index is 11.9. The van der Waals surface area contributed by atoms with Crippen LogP contribution in [0.3, 0.4) is 0 Å². The summed E-state index contributed by atoms with van der Waals surface area (Å²) in [5.74, 6) is -0.0278. The van der Waals surface area contributed by atoms with Crippen molar-refractivity contribution in [1.82, 2.24) is 10.2 Å². The van der Waals surface area contributed by atoms with Crippen molar-refractivity contribution >= 4 is 17.5 Å². The SMILES string of the molecule is NC(=O)COc1ccc(NC(=O)CN2CCNCC2)cc1. The fourth-order valence-corrected chi connectivity index (χ4v) is 2.06. The largest absolute Gasteiger partial charge is 0.484 e. The van der Waals surface area contributed by atoms with E-state index in [0.29, 0.717) is 18.0 Å². The van der Waals surface area contributed by atoms with Crippen molar-refractivity contribution in [3.8, 4) is 5.75 Å². The Bertz CT molecular complexity index is 483. The molecule has 1 fully saturated rings. The van der Waals surface area contributed by atoms with Gasteiger partial charge in [-0.2, -0.15) is 0 Å². The highest BCUT2D eigenvalue weighted by Crippen LogP contribution is 2.15. The zero-order valence-electron chi connectivity index (χ0n) is 11.8. The summed E-state index contributed by atoms with van der Waals surface area (Å²) >= 11 is 0. The van der Waals surface area contributed by atoms with Crippen molar-refractivity contribution in [3.05, 3.63) is 24.3 Å². The molecule has 1 aromatic rings. The topological polar surface area (TPSA) is 96.7 Å². The van der Waals surface area contributed by atoms with Gasteiger partial charge in [-0.15, -0.1) is 0 Å². The van der Waals surface area contributed by atoms with Crippen LogP contribution in [0.4, 0.5) is 5.69 Å². The van der Waals surface area contributed by atoms with Crippen LogP contribution in [0, 0.1) is 0 Å². The summed E-state index contributed by atoms with van der Waals surface area (Å²) in [4.78, 5) is 24.6. The van der Waals surface area contributed by atoms with Crippen LogP contribution in [-0.2, 0) is 9.59 Å². The summed E-state index contributed by atoms with van der Waals surface area (Å²) in [6.07, 6.45) is 0. The highest BCUT2D eigenvalue weighted by atomic mass is 16.5. The monoisotopic (exact) mass is 292 g/mol. The Hall–Kier alpha value is -2.12. The lowest BCUT2D eigenvalue weighted by Crippen LogP contribution is -2.46. The number of carbonyl (C=O) groups excluding carboxylic acids is 2. The molecule has 1 aliphatic heterocycles. The highest BCUT2D eigenvalue weighted by Gasteiger charge is 2.13. The number of benzene rings is 1. The van der Waals surface area contributed by atoms with Crippen LogP contribution in [0.1, 0.15) is 0 Å². The van der Waals surface area contributed by atoms with Gasteiger partial charge in [0.05, 0.1) is 6.54 Å². The Kier molecular flexibility index (Phi) is 5.53. The number of nitrogens with one attached hydrogen (secondary N) is 2. The molecular formula is C14H20N4O3. The van der Waals surface area contributed by atoms with Gasteiger partial charge in [-0.1, -0.05) is 0 Å². The fourth-order valence-electron chi connectivity index (χ4n) is 2.06. The lowest BCUT2D eigenvalue weighted by atomic mass is 10.3. The van der Waals surface area contributed by atoms with Crippen molar-refractivity contribution in [2.45, 2.75) is 0 Å². The Labute approximate surface area is 123 Å². The van der Waals surface area contributed by atoms with E-state index in [2.05, 4.69) is 15.5 Å². The number of piperazine rings is 1. The molecule has 4 N–H and O–H groups in total. The summed E-state index contributed by atoms with van der Waals surface area (Å²) in [7, 11) is 0. The molecule has 1 saturated heterocycles. The third kappa shape index (κ3) is 5.41. The maximum atomic E-state index is 11.9. The van der Waals surface area contributed by atoms with Gasteiger partial charge in [0.25, 0.3) is 5.91 Å². The van der Waals surface area contributed by atoms with E-state index in [9.17, 15) is 9.59 Å². The first-order chi connectivity index (χ1) is 10.1. The van der Waals surface area contributed by atoms with Gasteiger partial charge in [0.1, 0.15) is 5.75 Å². The minimum absolute atomic E-state index is 0.0392. The molecule has 0 aliphatic carbocycles. The third-order valence-electron chi connectivity index (χ3n) is 3.10. The molecule has 0 bridgehead atoms. The molecule has 21 heavy (non-hydrogen) atoms. The van der Waals surface area contributed by atoms with Gasteiger partial charge in [-0.05, 0) is 24.3 Å². The predicted octanol–water partition coefficient (Wildman–Crippen LogP) is -0.606. The van der Waals surface area contributed by atoms with E-state index in [1.54, 1.807) is 24.3 Å². The van der Waals surface area contributed by atoms with Crippen LogP contribution < -0.4 is 21.1 Å². The molecule has 0 spiro atoms. The molecule has 0 saturated carbocycles.